The summed E-state index contributed by atoms with van der Waals surface area (Å²) in [5, 5.41) is 0. The van der Waals surface area contributed by atoms with Gasteiger partial charge in [0.1, 0.15) is 11.3 Å². The molecular formula is C20H16FN5O2. The summed E-state index contributed by atoms with van der Waals surface area (Å²) in [5.74, 6) is -0.954. The van der Waals surface area contributed by atoms with Crippen molar-refractivity contribution in [1.29, 1.82) is 0 Å². The van der Waals surface area contributed by atoms with Gasteiger partial charge in [-0.05, 0) is 55.3 Å². The van der Waals surface area contributed by atoms with Gasteiger partial charge in [-0.15, -0.1) is 0 Å². The molecule has 0 bridgehead atoms. The first kappa shape index (κ1) is 17.6. The summed E-state index contributed by atoms with van der Waals surface area (Å²) < 4.78 is 14.5. The molecule has 0 aliphatic rings. The molecule has 2 aromatic heterocycles. The number of nitrogens with zero attached hydrogens (tertiary/aromatic N) is 3. The third kappa shape index (κ3) is 2.84. The van der Waals surface area contributed by atoms with Gasteiger partial charge >= 0.3 is 5.69 Å². The number of H-pyrrole nitrogens is 1. The lowest BCUT2D eigenvalue weighted by Gasteiger charge is -2.08. The lowest BCUT2D eigenvalue weighted by molar-refractivity contribution is 0.0997. The molecule has 0 fully saturated rings. The average molecular weight is 377 g/mol. The van der Waals surface area contributed by atoms with Crippen molar-refractivity contribution in [2.24, 2.45) is 5.73 Å². The van der Waals surface area contributed by atoms with Crippen molar-refractivity contribution in [2.45, 2.75) is 13.8 Å². The number of carbonyl (C=O) groups excluding carboxylic acids is 1. The molecule has 0 saturated carbocycles. The van der Waals surface area contributed by atoms with Gasteiger partial charge in [0.05, 0.1) is 5.69 Å². The molecule has 0 spiro atoms. The summed E-state index contributed by atoms with van der Waals surface area (Å²) in [6, 6.07) is 11.0. The van der Waals surface area contributed by atoms with E-state index in [2.05, 4.69) is 15.0 Å². The van der Waals surface area contributed by atoms with Gasteiger partial charge in [0, 0.05) is 5.56 Å². The van der Waals surface area contributed by atoms with Gasteiger partial charge in [-0.2, -0.15) is 0 Å². The molecule has 0 saturated heterocycles. The third-order valence-corrected chi connectivity index (χ3v) is 4.62. The molecule has 0 radical (unpaired) electrons. The zero-order chi connectivity index (χ0) is 20.0. The van der Waals surface area contributed by atoms with Gasteiger partial charge in [-0.3, -0.25) is 4.79 Å². The van der Waals surface area contributed by atoms with E-state index in [1.54, 1.807) is 0 Å². The molecule has 8 heteroatoms. The Morgan fingerprint density at radius 2 is 1.79 bits per heavy atom. The number of aryl methyl sites for hydroxylation is 2. The van der Waals surface area contributed by atoms with Crippen LogP contribution < -0.4 is 11.4 Å². The van der Waals surface area contributed by atoms with Crippen molar-refractivity contribution in [3.8, 4) is 17.1 Å². The van der Waals surface area contributed by atoms with E-state index >= 15 is 0 Å². The number of carbonyl (C=O) groups is 1. The number of nitrogens with two attached hydrogens (primary N) is 1. The third-order valence-electron chi connectivity index (χ3n) is 4.62. The Balaban J connectivity index is 2.04. The van der Waals surface area contributed by atoms with Crippen LogP contribution in [0.4, 0.5) is 4.39 Å². The van der Waals surface area contributed by atoms with Crippen LogP contribution >= 0.6 is 0 Å². The molecule has 0 unspecified atom stereocenters. The Morgan fingerprint density at radius 1 is 1.07 bits per heavy atom. The average Bonchev–Trinajstić information content (AvgIpc) is 2.99. The van der Waals surface area contributed by atoms with Crippen LogP contribution in [0, 0.1) is 19.7 Å². The standard InChI is InChI=1S/C20H16FN5O2/c1-10-3-4-12(9-11(10)2)18-23-15(17(22)27)16-19(25-18)26(20(28)24-16)14-7-5-13(21)6-8-14/h3-9H,1-2H3,(H2,22,27)(H,24,28). The van der Waals surface area contributed by atoms with Crippen LogP contribution in [0.2, 0.25) is 0 Å². The number of aromatic amines is 1. The molecule has 0 aliphatic heterocycles. The Hall–Kier alpha value is -3.81. The first-order valence-corrected chi connectivity index (χ1v) is 8.51. The molecule has 4 rings (SSSR count). The van der Waals surface area contributed by atoms with Gasteiger partial charge in [0.15, 0.2) is 17.2 Å². The molecule has 0 atom stereocenters. The molecule has 4 aromatic rings. The summed E-state index contributed by atoms with van der Waals surface area (Å²) in [5.41, 5.74) is 8.42. The zero-order valence-corrected chi connectivity index (χ0v) is 15.2. The van der Waals surface area contributed by atoms with Crippen LogP contribution in [0.15, 0.2) is 47.3 Å². The highest BCUT2D eigenvalue weighted by Crippen LogP contribution is 2.23. The van der Waals surface area contributed by atoms with Crippen molar-refractivity contribution in [2.75, 3.05) is 0 Å². The van der Waals surface area contributed by atoms with Crippen molar-refractivity contribution in [3.05, 3.63) is 75.6 Å². The molecule has 7 nitrogen and oxygen atoms in total. The molecule has 2 heterocycles. The molecule has 1 amide bonds. The zero-order valence-electron chi connectivity index (χ0n) is 15.2. The van der Waals surface area contributed by atoms with Crippen molar-refractivity contribution < 1.29 is 9.18 Å². The topological polar surface area (TPSA) is 107 Å². The van der Waals surface area contributed by atoms with Gasteiger partial charge in [-0.25, -0.2) is 23.7 Å². The molecule has 3 N–H and O–H groups in total. The highest BCUT2D eigenvalue weighted by molar-refractivity contribution is 6.02. The number of primary amides is 1. The Bertz CT molecular complexity index is 1290. The van der Waals surface area contributed by atoms with E-state index in [9.17, 15) is 14.0 Å². The van der Waals surface area contributed by atoms with E-state index < -0.39 is 17.4 Å². The monoisotopic (exact) mass is 377 g/mol. The number of hydrogen-bond donors (Lipinski definition) is 2. The maximum Gasteiger partial charge on any atom is 0.332 e. The quantitative estimate of drug-likeness (QED) is 0.572. The number of fused-ring (bicyclic) bond motifs is 1. The summed E-state index contributed by atoms with van der Waals surface area (Å²) in [4.78, 5) is 35.9. The van der Waals surface area contributed by atoms with E-state index in [1.807, 2.05) is 32.0 Å². The predicted molar refractivity (Wildman–Crippen MR) is 103 cm³/mol. The van der Waals surface area contributed by atoms with Gasteiger partial charge in [-0.1, -0.05) is 12.1 Å². The maximum atomic E-state index is 13.3. The highest BCUT2D eigenvalue weighted by atomic mass is 19.1. The van der Waals surface area contributed by atoms with Crippen molar-refractivity contribution in [1.82, 2.24) is 19.5 Å². The Kier molecular flexibility index (Phi) is 4.03. The van der Waals surface area contributed by atoms with Crippen LogP contribution in [-0.2, 0) is 0 Å². The van der Waals surface area contributed by atoms with E-state index in [0.29, 0.717) is 11.3 Å². The Labute approximate surface area is 158 Å². The van der Waals surface area contributed by atoms with Crippen LogP contribution in [-0.4, -0.2) is 25.4 Å². The summed E-state index contributed by atoms with van der Waals surface area (Å²) in [6.45, 7) is 3.94. The first-order valence-electron chi connectivity index (χ1n) is 8.51. The van der Waals surface area contributed by atoms with Gasteiger partial charge in [0.2, 0.25) is 0 Å². The minimum atomic E-state index is -0.787. The summed E-state index contributed by atoms with van der Waals surface area (Å²) >= 11 is 0. The fourth-order valence-electron chi connectivity index (χ4n) is 3.00. The van der Waals surface area contributed by atoms with Crippen LogP contribution in [0.1, 0.15) is 21.6 Å². The van der Waals surface area contributed by atoms with Crippen molar-refractivity contribution >= 4 is 17.1 Å². The predicted octanol–water partition coefficient (Wildman–Crippen LogP) is 2.63. The molecule has 2 aromatic carbocycles. The second-order valence-electron chi connectivity index (χ2n) is 6.50. The van der Waals surface area contributed by atoms with Crippen LogP contribution in [0.5, 0.6) is 0 Å². The second-order valence-corrected chi connectivity index (χ2v) is 6.50. The maximum absolute atomic E-state index is 13.3. The van der Waals surface area contributed by atoms with Crippen molar-refractivity contribution in [3.63, 3.8) is 0 Å². The fraction of sp³-hybridized carbons (Fsp3) is 0.100. The number of halogens is 1. The largest absolute Gasteiger partial charge is 0.364 e. The minimum absolute atomic E-state index is 0.0869. The normalized spacial score (nSPS) is 11.1. The SMILES string of the molecule is Cc1ccc(-c2nc(C(N)=O)c3[nH]c(=O)n(-c4ccc(F)cc4)c3n2)cc1C. The van der Waals surface area contributed by atoms with E-state index in [4.69, 9.17) is 5.73 Å². The summed E-state index contributed by atoms with van der Waals surface area (Å²) in [6.07, 6.45) is 0. The smallest absolute Gasteiger partial charge is 0.332 e. The molecule has 140 valence electrons. The molecule has 28 heavy (non-hydrogen) atoms. The van der Waals surface area contributed by atoms with Gasteiger partial charge < -0.3 is 10.7 Å². The number of imidazole rings is 1. The number of amides is 1. The summed E-state index contributed by atoms with van der Waals surface area (Å²) in [7, 11) is 0. The Morgan fingerprint density at radius 3 is 2.43 bits per heavy atom. The molecular weight excluding hydrogens is 361 g/mol. The lowest BCUT2D eigenvalue weighted by atomic mass is 10.1. The highest BCUT2D eigenvalue weighted by Gasteiger charge is 2.20. The minimum Gasteiger partial charge on any atom is -0.364 e. The number of nitrogens with one attached hydrogen (secondary N) is 1. The first-order chi connectivity index (χ1) is 13.3. The fourth-order valence-corrected chi connectivity index (χ4v) is 3.00. The number of aromatic nitrogens is 4. The number of hydrogen-bond acceptors (Lipinski definition) is 4. The van der Waals surface area contributed by atoms with Crippen LogP contribution in [0.3, 0.4) is 0 Å². The lowest BCUT2D eigenvalue weighted by Crippen LogP contribution is -2.15. The number of rotatable bonds is 3. The second kappa shape index (κ2) is 6.41. The number of benzene rings is 2. The van der Waals surface area contributed by atoms with Crippen LogP contribution in [0.25, 0.3) is 28.2 Å². The van der Waals surface area contributed by atoms with E-state index in [-0.39, 0.29) is 22.7 Å². The molecule has 0 aliphatic carbocycles. The van der Waals surface area contributed by atoms with E-state index in [1.165, 1.54) is 28.8 Å². The van der Waals surface area contributed by atoms with Gasteiger partial charge in [0.25, 0.3) is 5.91 Å². The van der Waals surface area contributed by atoms with E-state index in [0.717, 1.165) is 11.1 Å².